The van der Waals surface area contributed by atoms with Gasteiger partial charge >= 0.3 is 0 Å². The van der Waals surface area contributed by atoms with Gasteiger partial charge in [-0.15, -0.1) is 0 Å². The summed E-state index contributed by atoms with van der Waals surface area (Å²) in [6, 6.07) is 11.1. The van der Waals surface area contributed by atoms with Gasteiger partial charge in [-0.05, 0) is 18.6 Å². The Morgan fingerprint density at radius 3 is 2.71 bits per heavy atom. The van der Waals surface area contributed by atoms with E-state index in [2.05, 4.69) is 20.0 Å². The number of rotatable bonds is 2. The van der Waals surface area contributed by atoms with Crippen LogP contribution in [-0.2, 0) is 10.0 Å². The monoisotopic (exact) mass is 302 g/mol. The van der Waals surface area contributed by atoms with Crippen LogP contribution in [0.3, 0.4) is 0 Å². The number of aromatic nitrogens is 1. The summed E-state index contributed by atoms with van der Waals surface area (Å²) in [4.78, 5) is 8.35. The maximum absolute atomic E-state index is 12.1. The SMILES string of the molecule is C[C@@H](N=C1Nc2ccncc2S(=O)(=O)N1)c1ccccc1. The molecule has 0 amide bonds. The Morgan fingerprint density at radius 2 is 1.95 bits per heavy atom. The minimum atomic E-state index is -3.62. The molecule has 0 aliphatic carbocycles. The van der Waals surface area contributed by atoms with Gasteiger partial charge in [-0.2, -0.15) is 0 Å². The van der Waals surface area contributed by atoms with Crippen LogP contribution in [0.5, 0.6) is 0 Å². The first-order valence-corrected chi connectivity index (χ1v) is 7.91. The largest absolute Gasteiger partial charge is 0.324 e. The molecule has 0 fully saturated rings. The van der Waals surface area contributed by atoms with Crippen molar-refractivity contribution in [2.45, 2.75) is 17.9 Å². The molecule has 0 saturated heterocycles. The topological polar surface area (TPSA) is 83.5 Å². The quantitative estimate of drug-likeness (QED) is 0.887. The minimum absolute atomic E-state index is 0.122. The Labute approximate surface area is 123 Å². The van der Waals surface area contributed by atoms with Gasteiger partial charge in [-0.1, -0.05) is 30.3 Å². The van der Waals surface area contributed by atoms with E-state index in [9.17, 15) is 8.42 Å². The van der Waals surface area contributed by atoms with E-state index in [1.54, 1.807) is 6.07 Å². The lowest BCUT2D eigenvalue weighted by Gasteiger charge is -2.22. The normalized spacial score (nSPS) is 19.2. The molecule has 1 aromatic carbocycles. The Kier molecular flexibility index (Phi) is 3.34. The summed E-state index contributed by atoms with van der Waals surface area (Å²) in [7, 11) is -3.62. The maximum Gasteiger partial charge on any atom is 0.267 e. The van der Waals surface area contributed by atoms with Crippen LogP contribution in [-0.4, -0.2) is 19.4 Å². The van der Waals surface area contributed by atoms with Crippen molar-refractivity contribution in [3.05, 3.63) is 54.4 Å². The molecular weight excluding hydrogens is 288 g/mol. The lowest BCUT2D eigenvalue weighted by molar-refractivity contribution is 0.591. The number of fused-ring (bicyclic) bond motifs is 1. The number of sulfonamides is 1. The molecule has 0 unspecified atom stereocenters. The van der Waals surface area contributed by atoms with Gasteiger partial charge in [0.1, 0.15) is 4.90 Å². The van der Waals surface area contributed by atoms with Gasteiger partial charge in [0.25, 0.3) is 10.0 Å². The number of aliphatic imine (C=N–C) groups is 1. The lowest BCUT2D eigenvalue weighted by Crippen LogP contribution is -2.41. The first kappa shape index (κ1) is 13.6. The van der Waals surface area contributed by atoms with Gasteiger partial charge < -0.3 is 5.32 Å². The molecule has 1 aliphatic rings. The van der Waals surface area contributed by atoms with E-state index in [1.165, 1.54) is 12.4 Å². The fraction of sp³-hybridized carbons (Fsp3) is 0.143. The average molecular weight is 302 g/mol. The highest BCUT2D eigenvalue weighted by molar-refractivity contribution is 7.90. The van der Waals surface area contributed by atoms with E-state index in [0.29, 0.717) is 5.69 Å². The van der Waals surface area contributed by atoms with Crippen LogP contribution in [0.1, 0.15) is 18.5 Å². The Hall–Kier alpha value is -2.41. The van der Waals surface area contributed by atoms with Crippen molar-refractivity contribution < 1.29 is 8.42 Å². The van der Waals surface area contributed by atoms with Gasteiger partial charge in [0.05, 0.1) is 11.7 Å². The number of anilines is 1. The van der Waals surface area contributed by atoms with Crippen molar-refractivity contribution in [3.63, 3.8) is 0 Å². The van der Waals surface area contributed by atoms with E-state index in [4.69, 9.17) is 0 Å². The summed E-state index contributed by atoms with van der Waals surface area (Å²) < 4.78 is 26.7. The molecule has 0 spiro atoms. The molecule has 7 heteroatoms. The highest BCUT2D eigenvalue weighted by Gasteiger charge is 2.26. The molecule has 3 rings (SSSR count). The first-order chi connectivity index (χ1) is 10.1. The van der Waals surface area contributed by atoms with Gasteiger partial charge in [-0.25, -0.2) is 18.1 Å². The molecule has 108 valence electrons. The number of guanidine groups is 1. The molecule has 1 atom stereocenters. The number of nitrogens with one attached hydrogen (secondary N) is 2. The van der Waals surface area contributed by atoms with Gasteiger partial charge in [0.2, 0.25) is 5.96 Å². The van der Waals surface area contributed by atoms with Crippen LogP contribution in [0.15, 0.2) is 58.7 Å². The third-order valence-electron chi connectivity index (χ3n) is 3.16. The summed E-state index contributed by atoms with van der Waals surface area (Å²) in [6.45, 7) is 1.90. The molecule has 0 radical (unpaired) electrons. The van der Waals surface area contributed by atoms with Crippen molar-refractivity contribution in [2.75, 3.05) is 5.32 Å². The zero-order chi connectivity index (χ0) is 14.9. The van der Waals surface area contributed by atoms with Crippen LogP contribution in [0.4, 0.5) is 5.69 Å². The summed E-state index contributed by atoms with van der Waals surface area (Å²) in [5.74, 6) is 0.213. The second-order valence-corrected chi connectivity index (χ2v) is 6.32. The molecule has 1 aromatic heterocycles. The molecule has 6 nitrogen and oxygen atoms in total. The van der Waals surface area contributed by atoms with E-state index < -0.39 is 10.0 Å². The maximum atomic E-state index is 12.1. The number of pyridine rings is 1. The predicted molar refractivity (Wildman–Crippen MR) is 80.5 cm³/mol. The summed E-state index contributed by atoms with van der Waals surface area (Å²) >= 11 is 0. The number of hydrogen-bond donors (Lipinski definition) is 2. The van der Waals surface area contributed by atoms with Crippen molar-refractivity contribution in [1.29, 1.82) is 0 Å². The van der Waals surface area contributed by atoms with E-state index in [-0.39, 0.29) is 16.9 Å². The molecule has 21 heavy (non-hydrogen) atoms. The zero-order valence-corrected chi connectivity index (χ0v) is 12.1. The smallest absolute Gasteiger partial charge is 0.267 e. The summed E-state index contributed by atoms with van der Waals surface area (Å²) in [5, 5.41) is 2.97. The van der Waals surface area contributed by atoms with Gasteiger partial charge in [0, 0.05) is 12.4 Å². The third kappa shape index (κ3) is 2.73. The van der Waals surface area contributed by atoms with Crippen LogP contribution >= 0.6 is 0 Å². The highest BCUT2D eigenvalue weighted by atomic mass is 32.2. The molecule has 2 N–H and O–H groups in total. The van der Waals surface area contributed by atoms with Crippen LogP contribution in [0.2, 0.25) is 0 Å². The Balaban J connectivity index is 1.94. The summed E-state index contributed by atoms with van der Waals surface area (Å²) in [5.41, 5.74) is 1.48. The zero-order valence-electron chi connectivity index (χ0n) is 11.3. The molecular formula is C14H14N4O2S. The minimum Gasteiger partial charge on any atom is -0.324 e. The Morgan fingerprint density at radius 1 is 1.19 bits per heavy atom. The molecule has 1 aliphatic heterocycles. The van der Waals surface area contributed by atoms with Crippen LogP contribution in [0.25, 0.3) is 0 Å². The fourth-order valence-corrected chi connectivity index (χ4v) is 3.17. The molecule has 0 saturated carbocycles. The number of benzene rings is 1. The predicted octanol–water partition coefficient (Wildman–Crippen LogP) is 1.90. The van der Waals surface area contributed by atoms with Crippen molar-refractivity contribution >= 4 is 21.7 Å². The third-order valence-corrected chi connectivity index (χ3v) is 4.53. The van der Waals surface area contributed by atoms with E-state index in [0.717, 1.165) is 5.56 Å². The second-order valence-electron chi connectivity index (χ2n) is 4.67. The standard InChI is InChI=1S/C14H14N4O2S/c1-10(11-5-3-2-4-6-11)16-14-17-12-7-8-15-9-13(12)21(19,20)18-14/h2-10H,1H3,(H2,16,17,18)/t10-/m1/s1. The molecule has 0 bridgehead atoms. The average Bonchev–Trinajstić information content (AvgIpc) is 2.47. The van der Waals surface area contributed by atoms with Crippen molar-refractivity contribution in [1.82, 2.24) is 9.71 Å². The van der Waals surface area contributed by atoms with E-state index >= 15 is 0 Å². The highest BCUT2D eigenvalue weighted by Crippen LogP contribution is 2.24. The second kappa shape index (κ2) is 5.17. The Bertz CT molecular complexity index is 788. The lowest BCUT2D eigenvalue weighted by atomic mass is 10.1. The number of hydrogen-bond acceptors (Lipinski definition) is 4. The van der Waals surface area contributed by atoms with Gasteiger partial charge in [-0.3, -0.25) is 4.98 Å². The first-order valence-electron chi connectivity index (χ1n) is 6.43. The van der Waals surface area contributed by atoms with Gasteiger partial charge in [0.15, 0.2) is 0 Å². The number of nitrogens with zero attached hydrogens (tertiary/aromatic N) is 2. The molecule has 2 aromatic rings. The van der Waals surface area contributed by atoms with Crippen LogP contribution in [0, 0.1) is 0 Å². The molecule has 2 heterocycles. The van der Waals surface area contributed by atoms with E-state index in [1.807, 2.05) is 37.3 Å². The van der Waals surface area contributed by atoms with Crippen molar-refractivity contribution in [2.24, 2.45) is 4.99 Å². The fourth-order valence-electron chi connectivity index (χ4n) is 2.09. The summed E-state index contributed by atoms with van der Waals surface area (Å²) in [6.07, 6.45) is 2.84. The van der Waals surface area contributed by atoms with Crippen molar-refractivity contribution in [3.8, 4) is 0 Å². The van der Waals surface area contributed by atoms with Crippen LogP contribution < -0.4 is 10.0 Å².